The lowest BCUT2D eigenvalue weighted by molar-refractivity contribution is 0.164. The van der Waals surface area contributed by atoms with Gasteiger partial charge in [0.25, 0.3) is 0 Å². The van der Waals surface area contributed by atoms with E-state index in [1.807, 2.05) is 0 Å². The van der Waals surface area contributed by atoms with Gasteiger partial charge in [-0.05, 0) is 0 Å². The third kappa shape index (κ3) is 5.32. The van der Waals surface area contributed by atoms with Crippen molar-refractivity contribution in [1.82, 2.24) is 0 Å². The van der Waals surface area contributed by atoms with E-state index < -0.39 is 0 Å². The summed E-state index contributed by atoms with van der Waals surface area (Å²) < 4.78 is 9.32. The summed E-state index contributed by atoms with van der Waals surface area (Å²) in [5.74, 6) is 0. The van der Waals surface area contributed by atoms with Crippen LogP contribution in [0.4, 0.5) is 0 Å². The van der Waals surface area contributed by atoms with Gasteiger partial charge < -0.3 is 9.47 Å². The summed E-state index contributed by atoms with van der Waals surface area (Å²) in [6.45, 7) is 1.30. The number of methoxy groups -OCH3 is 1. The summed E-state index contributed by atoms with van der Waals surface area (Å²) >= 11 is 0. The first kappa shape index (κ1) is 7.32. The van der Waals surface area contributed by atoms with Crippen LogP contribution in [-0.2, 0) is 9.47 Å². The topological polar surface area (TPSA) is 18.5 Å². The summed E-state index contributed by atoms with van der Waals surface area (Å²) in [7, 11) is 1.65. The Labute approximate surface area is 49.8 Å². The number of hydrogen-bond acceptors (Lipinski definition) is 2. The molecule has 0 aliphatic heterocycles. The van der Waals surface area contributed by atoms with Crippen LogP contribution >= 0.6 is 0 Å². The number of terminal acetylenes is 1. The van der Waals surface area contributed by atoms with Crippen molar-refractivity contribution in [2.45, 2.75) is 6.42 Å². The van der Waals surface area contributed by atoms with Crippen molar-refractivity contribution in [3.63, 3.8) is 0 Å². The SMILES string of the molecule is C#COCCCOC. The largest absolute Gasteiger partial charge is 0.447 e. The van der Waals surface area contributed by atoms with Crippen molar-refractivity contribution >= 4 is 0 Å². The first-order valence-corrected chi connectivity index (χ1v) is 2.48. The van der Waals surface area contributed by atoms with Gasteiger partial charge >= 0.3 is 0 Å². The van der Waals surface area contributed by atoms with Crippen molar-refractivity contribution < 1.29 is 9.47 Å². The maximum absolute atomic E-state index is 4.80. The van der Waals surface area contributed by atoms with E-state index in [1.54, 1.807) is 7.11 Å². The predicted octanol–water partition coefficient (Wildman–Crippen LogP) is 0.630. The number of hydrogen-bond donors (Lipinski definition) is 0. The van der Waals surface area contributed by atoms with Gasteiger partial charge in [-0.1, -0.05) is 6.42 Å². The van der Waals surface area contributed by atoms with Crippen LogP contribution in [0.5, 0.6) is 0 Å². The molecule has 0 aromatic rings. The molecule has 0 spiro atoms. The molecule has 0 saturated carbocycles. The Morgan fingerprint density at radius 2 is 2.25 bits per heavy atom. The first-order chi connectivity index (χ1) is 3.91. The van der Waals surface area contributed by atoms with E-state index in [0.717, 1.165) is 6.42 Å². The summed E-state index contributed by atoms with van der Waals surface area (Å²) in [4.78, 5) is 0. The minimum absolute atomic E-state index is 0.588. The van der Waals surface area contributed by atoms with Crippen LogP contribution in [-0.4, -0.2) is 20.3 Å². The standard InChI is InChI=1S/C6H10O2/c1-3-8-6-4-5-7-2/h1H,4-6H2,2H3. The molecular weight excluding hydrogens is 104 g/mol. The van der Waals surface area contributed by atoms with E-state index in [-0.39, 0.29) is 0 Å². The van der Waals surface area contributed by atoms with Crippen LogP contribution in [0.2, 0.25) is 0 Å². The highest BCUT2D eigenvalue weighted by Crippen LogP contribution is 1.79. The van der Waals surface area contributed by atoms with Crippen LogP contribution in [0.15, 0.2) is 0 Å². The normalized spacial score (nSPS) is 8.00. The number of ether oxygens (including phenoxy) is 2. The van der Waals surface area contributed by atoms with Gasteiger partial charge in [-0.15, -0.1) is 0 Å². The van der Waals surface area contributed by atoms with E-state index in [0.29, 0.717) is 13.2 Å². The fourth-order valence-corrected chi connectivity index (χ4v) is 0.334. The maximum Gasteiger partial charge on any atom is 0.106 e. The van der Waals surface area contributed by atoms with Gasteiger partial charge in [-0.3, -0.25) is 0 Å². The van der Waals surface area contributed by atoms with Crippen molar-refractivity contribution in [2.75, 3.05) is 20.3 Å². The molecule has 2 heteroatoms. The first-order valence-electron chi connectivity index (χ1n) is 2.48. The molecule has 0 bridgehead atoms. The quantitative estimate of drug-likeness (QED) is 0.394. The van der Waals surface area contributed by atoms with Crippen molar-refractivity contribution in [1.29, 1.82) is 0 Å². The van der Waals surface area contributed by atoms with Crippen LogP contribution in [0.25, 0.3) is 0 Å². The average molecular weight is 114 g/mol. The Morgan fingerprint density at radius 3 is 2.75 bits per heavy atom. The summed E-state index contributed by atoms with van der Waals surface area (Å²) in [5.41, 5.74) is 0. The monoisotopic (exact) mass is 114 g/mol. The van der Waals surface area contributed by atoms with Crippen molar-refractivity contribution in [3.05, 3.63) is 0 Å². The van der Waals surface area contributed by atoms with Crippen LogP contribution < -0.4 is 0 Å². The molecule has 0 heterocycles. The molecule has 0 atom stereocenters. The zero-order valence-corrected chi connectivity index (χ0v) is 5.02. The molecule has 0 aliphatic carbocycles. The number of rotatable bonds is 4. The molecule has 0 unspecified atom stereocenters. The third-order valence-electron chi connectivity index (χ3n) is 0.678. The summed E-state index contributed by atoms with van der Waals surface area (Å²) in [5, 5.41) is 0. The fourth-order valence-electron chi connectivity index (χ4n) is 0.334. The van der Waals surface area contributed by atoms with E-state index in [2.05, 4.69) is 10.8 Å². The molecule has 46 valence electrons. The molecule has 0 aromatic carbocycles. The molecule has 0 saturated heterocycles. The lowest BCUT2D eigenvalue weighted by Crippen LogP contribution is -1.94. The Bertz CT molecular complexity index is 73.1. The zero-order valence-electron chi connectivity index (χ0n) is 5.02. The summed E-state index contributed by atoms with van der Waals surface area (Å²) in [6, 6.07) is 0. The van der Waals surface area contributed by atoms with Crippen LogP contribution in [0.1, 0.15) is 6.42 Å². The lowest BCUT2D eigenvalue weighted by atomic mass is 10.5. The molecule has 0 amide bonds. The van der Waals surface area contributed by atoms with Gasteiger partial charge in [-0.2, -0.15) is 0 Å². The highest BCUT2D eigenvalue weighted by Gasteiger charge is 1.81. The molecule has 0 N–H and O–H groups in total. The minimum atomic E-state index is 0.588. The van der Waals surface area contributed by atoms with E-state index in [9.17, 15) is 0 Å². The van der Waals surface area contributed by atoms with Crippen molar-refractivity contribution in [2.24, 2.45) is 0 Å². The Kier molecular flexibility index (Phi) is 5.78. The smallest absolute Gasteiger partial charge is 0.106 e. The molecule has 0 rings (SSSR count). The Morgan fingerprint density at radius 1 is 1.50 bits per heavy atom. The third-order valence-corrected chi connectivity index (χ3v) is 0.678. The van der Waals surface area contributed by atoms with Crippen LogP contribution in [0, 0.1) is 12.5 Å². The van der Waals surface area contributed by atoms with Crippen LogP contribution in [0.3, 0.4) is 0 Å². The van der Waals surface area contributed by atoms with E-state index in [1.165, 1.54) is 0 Å². The van der Waals surface area contributed by atoms with Gasteiger partial charge in [0, 0.05) is 20.1 Å². The Hall–Kier alpha value is -0.680. The van der Waals surface area contributed by atoms with Crippen molar-refractivity contribution in [3.8, 4) is 12.5 Å². The maximum atomic E-state index is 4.80. The van der Waals surface area contributed by atoms with Gasteiger partial charge in [-0.25, -0.2) is 0 Å². The van der Waals surface area contributed by atoms with Gasteiger partial charge in [0.1, 0.15) is 12.7 Å². The van der Waals surface area contributed by atoms with E-state index >= 15 is 0 Å². The molecule has 0 fully saturated rings. The molecule has 8 heavy (non-hydrogen) atoms. The lowest BCUT2D eigenvalue weighted by Gasteiger charge is -1.94. The second-order valence-corrected chi connectivity index (χ2v) is 1.31. The van der Waals surface area contributed by atoms with Gasteiger partial charge in [0.15, 0.2) is 0 Å². The van der Waals surface area contributed by atoms with Gasteiger partial charge in [0.05, 0.1) is 0 Å². The van der Waals surface area contributed by atoms with E-state index in [4.69, 9.17) is 11.2 Å². The Balaban J connectivity index is 2.65. The molecule has 2 nitrogen and oxygen atoms in total. The highest BCUT2D eigenvalue weighted by molar-refractivity contribution is 4.67. The summed E-state index contributed by atoms with van der Waals surface area (Å²) in [6.07, 6.45) is 7.73. The minimum Gasteiger partial charge on any atom is -0.447 e. The second-order valence-electron chi connectivity index (χ2n) is 1.31. The zero-order chi connectivity index (χ0) is 6.24. The highest BCUT2D eigenvalue weighted by atomic mass is 16.5. The average Bonchev–Trinajstić information content (AvgIpc) is 1.81. The fraction of sp³-hybridized carbons (Fsp3) is 0.667. The molecular formula is C6H10O2. The predicted molar refractivity (Wildman–Crippen MR) is 31.3 cm³/mol. The molecule has 0 aliphatic rings. The molecule has 0 radical (unpaired) electrons. The second kappa shape index (κ2) is 6.32. The van der Waals surface area contributed by atoms with Gasteiger partial charge in [0.2, 0.25) is 0 Å². The molecule has 0 aromatic heterocycles.